The first kappa shape index (κ1) is 11.3. The van der Waals surface area contributed by atoms with E-state index in [2.05, 4.69) is 4.98 Å². The molecule has 2 N–H and O–H groups in total. The zero-order valence-electron chi connectivity index (χ0n) is 9.26. The minimum atomic E-state index is 0.481. The van der Waals surface area contributed by atoms with Crippen molar-refractivity contribution in [3.05, 3.63) is 47.5 Å². The number of thiazole rings is 1. The Morgan fingerprint density at radius 3 is 2.78 bits per heavy atom. The van der Waals surface area contributed by atoms with Crippen LogP contribution in [-0.2, 0) is 0 Å². The summed E-state index contributed by atoms with van der Waals surface area (Å²) in [6, 6.07) is 13.0. The highest BCUT2D eigenvalue weighted by Gasteiger charge is 2.08. The molecule has 3 nitrogen and oxygen atoms in total. The van der Waals surface area contributed by atoms with Crippen molar-refractivity contribution in [2.45, 2.75) is 0 Å². The van der Waals surface area contributed by atoms with Gasteiger partial charge < -0.3 is 10.5 Å². The highest BCUT2D eigenvalue weighted by molar-refractivity contribution is 7.20. The minimum Gasteiger partial charge on any atom is -0.429 e. The Morgan fingerprint density at radius 2 is 2.00 bits per heavy atom. The van der Waals surface area contributed by atoms with Crippen molar-refractivity contribution < 1.29 is 4.74 Å². The average Bonchev–Trinajstić information content (AvgIpc) is 2.75. The van der Waals surface area contributed by atoms with Crippen molar-refractivity contribution in [2.24, 2.45) is 0 Å². The largest absolute Gasteiger partial charge is 0.429 e. The molecule has 3 aromatic rings. The second kappa shape index (κ2) is 4.48. The fraction of sp³-hybridized carbons (Fsp3) is 0. The van der Waals surface area contributed by atoms with Gasteiger partial charge in [0.2, 0.25) is 0 Å². The van der Waals surface area contributed by atoms with Crippen LogP contribution in [0.4, 0.5) is 5.69 Å². The van der Waals surface area contributed by atoms with Crippen LogP contribution < -0.4 is 10.5 Å². The predicted molar refractivity (Wildman–Crippen MR) is 75.6 cm³/mol. The van der Waals surface area contributed by atoms with Crippen molar-refractivity contribution in [3.63, 3.8) is 0 Å². The second-order valence-corrected chi connectivity index (χ2v) is 5.14. The van der Waals surface area contributed by atoms with Crippen LogP contribution in [0.25, 0.3) is 10.2 Å². The third-order valence-electron chi connectivity index (χ3n) is 2.43. The number of para-hydroxylation sites is 1. The first-order chi connectivity index (χ1) is 8.72. The van der Waals surface area contributed by atoms with E-state index in [0.717, 1.165) is 10.2 Å². The van der Waals surface area contributed by atoms with Gasteiger partial charge in [0.1, 0.15) is 5.75 Å². The molecular formula is C13H9ClN2OS. The summed E-state index contributed by atoms with van der Waals surface area (Å²) >= 11 is 7.53. The third-order valence-corrected chi connectivity index (χ3v) is 3.64. The summed E-state index contributed by atoms with van der Waals surface area (Å²) in [6.07, 6.45) is 0. The summed E-state index contributed by atoms with van der Waals surface area (Å²) in [5.74, 6) is 0.560. The van der Waals surface area contributed by atoms with Crippen LogP contribution in [0.5, 0.6) is 10.9 Å². The predicted octanol–water partition coefficient (Wildman–Crippen LogP) is 4.32. The maximum absolute atomic E-state index is 6.05. The van der Waals surface area contributed by atoms with E-state index in [1.807, 2.05) is 24.3 Å². The Balaban J connectivity index is 1.96. The fourth-order valence-electron chi connectivity index (χ4n) is 1.59. The van der Waals surface area contributed by atoms with Gasteiger partial charge in [-0.25, -0.2) is 4.98 Å². The number of halogens is 1. The Labute approximate surface area is 113 Å². The highest BCUT2D eigenvalue weighted by Crippen LogP contribution is 2.34. The molecule has 90 valence electrons. The molecule has 18 heavy (non-hydrogen) atoms. The number of nitrogen functional groups attached to an aromatic ring is 1. The lowest BCUT2D eigenvalue weighted by atomic mass is 10.3. The standard InChI is InChI=1S/C13H9ClN2OS/c14-9-7-8(15)5-6-11(9)17-13-16-10-3-1-2-4-12(10)18-13/h1-7H,15H2. The Bertz CT molecular complexity index is 678. The number of ether oxygens (including phenoxy) is 1. The van der Waals surface area contributed by atoms with Crippen LogP contribution in [0.2, 0.25) is 5.02 Å². The maximum Gasteiger partial charge on any atom is 0.279 e. The van der Waals surface area contributed by atoms with Gasteiger partial charge in [-0.1, -0.05) is 35.1 Å². The van der Waals surface area contributed by atoms with Crippen molar-refractivity contribution in [3.8, 4) is 10.9 Å². The van der Waals surface area contributed by atoms with Crippen LogP contribution in [0.3, 0.4) is 0 Å². The fourth-order valence-corrected chi connectivity index (χ4v) is 2.64. The molecule has 1 heterocycles. The van der Waals surface area contributed by atoms with Crippen LogP contribution in [0.15, 0.2) is 42.5 Å². The molecule has 0 amide bonds. The summed E-state index contributed by atoms with van der Waals surface area (Å²) in [4.78, 5) is 4.38. The number of benzene rings is 2. The lowest BCUT2D eigenvalue weighted by molar-refractivity contribution is 0.480. The van der Waals surface area contributed by atoms with Gasteiger partial charge in [0.25, 0.3) is 5.19 Å². The van der Waals surface area contributed by atoms with Crippen molar-refractivity contribution >= 4 is 38.8 Å². The van der Waals surface area contributed by atoms with Crippen LogP contribution >= 0.6 is 22.9 Å². The van der Waals surface area contributed by atoms with Crippen molar-refractivity contribution in [1.29, 1.82) is 0 Å². The summed E-state index contributed by atoms with van der Waals surface area (Å²) < 4.78 is 6.75. The van der Waals surface area contributed by atoms with Gasteiger partial charge in [0, 0.05) is 5.69 Å². The number of fused-ring (bicyclic) bond motifs is 1. The molecule has 0 saturated heterocycles. The van der Waals surface area contributed by atoms with Gasteiger partial charge in [0.15, 0.2) is 0 Å². The van der Waals surface area contributed by atoms with Crippen LogP contribution in [0, 0.1) is 0 Å². The lowest BCUT2D eigenvalue weighted by Gasteiger charge is -2.04. The summed E-state index contributed by atoms with van der Waals surface area (Å²) in [5.41, 5.74) is 7.16. The van der Waals surface area contributed by atoms with Gasteiger partial charge >= 0.3 is 0 Å². The first-order valence-electron chi connectivity index (χ1n) is 5.31. The molecule has 0 bridgehead atoms. The molecule has 0 aliphatic heterocycles. The zero-order chi connectivity index (χ0) is 12.5. The molecule has 3 rings (SSSR count). The molecule has 0 spiro atoms. The normalized spacial score (nSPS) is 10.7. The van der Waals surface area contributed by atoms with E-state index in [0.29, 0.717) is 21.7 Å². The number of rotatable bonds is 2. The maximum atomic E-state index is 6.05. The number of hydrogen-bond acceptors (Lipinski definition) is 4. The van der Waals surface area contributed by atoms with E-state index in [1.54, 1.807) is 18.2 Å². The zero-order valence-corrected chi connectivity index (χ0v) is 10.8. The molecule has 2 aromatic carbocycles. The van der Waals surface area contributed by atoms with E-state index in [4.69, 9.17) is 22.1 Å². The molecule has 0 aliphatic rings. The summed E-state index contributed by atoms with van der Waals surface area (Å²) in [5, 5.41) is 1.05. The monoisotopic (exact) mass is 276 g/mol. The van der Waals surface area contributed by atoms with Crippen LogP contribution in [-0.4, -0.2) is 4.98 Å². The molecule has 0 fully saturated rings. The Hall–Kier alpha value is -1.78. The van der Waals surface area contributed by atoms with Gasteiger partial charge in [-0.15, -0.1) is 0 Å². The van der Waals surface area contributed by atoms with E-state index < -0.39 is 0 Å². The smallest absolute Gasteiger partial charge is 0.279 e. The quantitative estimate of drug-likeness (QED) is 0.709. The highest BCUT2D eigenvalue weighted by atomic mass is 35.5. The SMILES string of the molecule is Nc1ccc(Oc2nc3ccccc3s2)c(Cl)c1. The van der Waals surface area contributed by atoms with Gasteiger partial charge in [-0.2, -0.15) is 0 Å². The number of hydrogen-bond donors (Lipinski definition) is 1. The summed E-state index contributed by atoms with van der Waals surface area (Å²) in [6.45, 7) is 0. The second-order valence-electron chi connectivity index (χ2n) is 3.74. The molecule has 1 aromatic heterocycles. The molecule has 0 unspecified atom stereocenters. The molecule has 5 heteroatoms. The molecule has 0 atom stereocenters. The van der Waals surface area contributed by atoms with Gasteiger partial charge in [-0.05, 0) is 30.3 Å². The third kappa shape index (κ3) is 2.12. The Kier molecular flexibility index (Phi) is 2.81. The van der Waals surface area contributed by atoms with Crippen LogP contribution in [0.1, 0.15) is 0 Å². The van der Waals surface area contributed by atoms with E-state index >= 15 is 0 Å². The number of anilines is 1. The van der Waals surface area contributed by atoms with Crippen molar-refractivity contribution in [1.82, 2.24) is 4.98 Å². The molecule has 0 radical (unpaired) electrons. The number of nitrogens with zero attached hydrogens (tertiary/aromatic N) is 1. The average molecular weight is 277 g/mol. The van der Waals surface area contributed by atoms with Gasteiger partial charge in [0.05, 0.1) is 15.2 Å². The lowest BCUT2D eigenvalue weighted by Crippen LogP contribution is -1.87. The molecular weight excluding hydrogens is 268 g/mol. The van der Waals surface area contributed by atoms with E-state index in [9.17, 15) is 0 Å². The van der Waals surface area contributed by atoms with E-state index in [1.165, 1.54) is 11.3 Å². The van der Waals surface area contributed by atoms with Gasteiger partial charge in [-0.3, -0.25) is 0 Å². The van der Waals surface area contributed by atoms with Crippen molar-refractivity contribution in [2.75, 3.05) is 5.73 Å². The number of nitrogens with two attached hydrogens (primary N) is 1. The Morgan fingerprint density at radius 1 is 1.17 bits per heavy atom. The minimum absolute atomic E-state index is 0.481. The summed E-state index contributed by atoms with van der Waals surface area (Å²) in [7, 11) is 0. The number of aromatic nitrogens is 1. The first-order valence-corrected chi connectivity index (χ1v) is 6.50. The molecule has 0 saturated carbocycles. The topological polar surface area (TPSA) is 48.1 Å². The molecule has 0 aliphatic carbocycles. The van der Waals surface area contributed by atoms with E-state index in [-0.39, 0.29) is 0 Å².